The van der Waals surface area contributed by atoms with Crippen LogP contribution in [0.2, 0.25) is 0 Å². The van der Waals surface area contributed by atoms with Crippen LogP contribution in [0.5, 0.6) is 0 Å². The fraction of sp³-hybridized carbons (Fsp3) is 0.500. The number of amides is 1. The molecule has 0 radical (unpaired) electrons. The zero-order chi connectivity index (χ0) is 12.4. The molecule has 0 spiro atoms. The molecule has 0 saturated heterocycles. The molecule has 3 heteroatoms. The van der Waals surface area contributed by atoms with Crippen LogP contribution in [0.3, 0.4) is 0 Å². The van der Waals surface area contributed by atoms with Crippen LogP contribution in [-0.2, 0) is 11.2 Å². The molecule has 0 fully saturated rings. The van der Waals surface area contributed by atoms with E-state index in [2.05, 4.69) is 36.9 Å². The molecule has 1 amide bonds. The van der Waals surface area contributed by atoms with Crippen molar-refractivity contribution in [2.45, 2.75) is 39.2 Å². The number of nitrogens with two attached hydrogens (primary N) is 1. The summed E-state index contributed by atoms with van der Waals surface area (Å²) in [6.07, 6.45) is 2.70. The number of carbonyl (C=O) groups is 1. The number of nitrogens with zero attached hydrogens (tertiary/aromatic N) is 1. The van der Waals surface area contributed by atoms with Crippen LogP contribution in [0.15, 0.2) is 18.2 Å². The Kier molecular flexibility index (Phi) is 3.36. The Hall–Kier alpha value is -1.51. The van der Waals surface area contributed by atoms with E-state index in [1.165, 1.54) is 16.8 Å². The number of hydrogen-bond donors (Lipinski definition) is 1. The minimum Gasteiger partial charge on any atom is -0.370 e. The van der Waals surface area contributed by atoms with Gasteiger partial charge in [0.1, 0.15) is 0 Å². The van der Waals surface area contributed by atoms with E-state index in [1.54, 1.807) is 0 Å². The molecule has 1 aliphatic rings. The number of anilines is 1. The molecular formula is C14H20N2O. The molecule has 1 unspecified atom stereocenters. The Balaban J connectivity index is 2.25. The number of rotatable bonds is 3. The molecule has 2 N–H and O–H groups in total. The van der Waals surface area contributed by atoms with Gasteiger partial charge in [-0.2, -0.15) is 0 Å². The van der Waals surface area contributed by atoms with Crippen molar-refractivity contribution in [2.24, 2.45) is 5.73 Å². The first-order valence-corrected chi connectivity index (χ1v) is 6.22. The van der Waals surface area contributed by atoms with Gasteiger partial charge >= 0.3 is 0 Å². The van der Waals surface area contributed by atoms with E-state index in [4.69, 9.17) is 5.73 Å². The lowest BCUT2D eigenvalue weighted by Gasteiger charge is -2.37. The standard InChI is InChI=1S/C14H20N2O/c1-10-3-5-12-6-4-11(2)16(13(12)9-10)8-7-14(15)17/h3,5,9,11H,4,6-8H2,1-2H3,(H2,15,17). The van der Waals surface area contributed by atoms with Gasteiger partial charge in [0.2, 0.25) is 5.91 Å². The van der Waals surface area contributed by atoms with Gasteiger partial charge in [0.15, 0.2) is 0 Å². The van der Waals surface area contributed by atoms with Crippen molar-refractivity contribution in [1.82, 2.24) is 0 Å². The maximum absolute atomic E-state index is 10.9. The molecule has 0 aromatic heterocycles. The summed E-state index contributed by atoms with van der Waals surface area (Å²) < 4.78 is 0. The van der Waals surface area contributed by atoms with E-state index in [9.17, 15) is 4.79 Å². The molecule has 1 aromatic carbocycles. The highest BCUT2D eigenvalue weighted by atomic mass is 16.1. The Morgan fingerprint density at radius 1 is 1.53 bits per heavy atom. The summed E-state index contributed by atoms with van der Waals surface area (Å²) in [5, 5.41) is 0. The van der Waals surface area contributed by atoms with Gasteiger partial charge in [-0.1, -0.05) is 12.1 Å². The maximum atomic E-state index is 10.9. The van der Waals surface area contributed by atoms with Gasteiger partial charge in [0, 0.05) is 24.7 Å². The Morgan fingerprint density at radius 3 is 3.00 bits per heavy atom. The van der Waals surface area contributed by atoms with Crippen molar-refractivity contribution < 1.29 is 4.79 Å². The maximum Gasteiger partial charge on any atom is 0.219 e. The summed E-state index contributed by atoms with van der Waals surface area (Å²) >= 11 is 0. The summed E-state index contributed by atoms with van der Waals surface area (Å²) in [6, 6.07) is 7.06. The third-order valence-electron chi connectivity index (χ3n) is 3.51. The first-order valence-electron chi connectivity index (χ1n) is 6.22. The van der Waals surface area contributed by atoms with Crippen molar-refractivity contribution >= 4 is 11.6 Å². The van der Waals surface area contributed by atoms with Crippen molar-refractivity contribution in [3.8, 4) is 0 Å². The van der Waals surface area contributed by atoms with Gasteiger partial charge < -0.3 is 10.6 Å². The van der Waals surface area contributed by atoms with Crippen LogP contribution in [0, 0.1) is 6.92 Å². The SMILES string of the molecule is Cc1ccc2c(c1)N(CCC(N)=O)C(C)CC2. The quantitative estimate of drug-likeness (QED) is 0.866. The molecule has 1 atom stereocenters. The molecule has 1 heterocycles. The summed E-state index contributed by atoms with van der Waals surface area (Å²) in [4.78, 5) is 13.2. The summed E-state index contributed by atoms with van der Waals surface area (Å²) in [7, 11) is 0. The predicted octanol–water partition coefficient (Wildman–Crippen LogP) is 2.01. The number of carbonyl (C=O) groups excluding carboxylic acids is 1. The Morgan fingerprint density at radius 2 is 2.29 bits per heavy atom. The summed E-state index contributed by atoms with van der Waals surface area (Å²) in [6.45, 7) is 5.05. The number of fused-ring (bicyclic) bond motifs is 1. The number of benzene rings is 1. The van der Waals surface area contributed by atoms with Crippen LogP contribution in [0.25, 0.3) is 0 Å². The zero-order valence-electron chi connectivity index (χ0n) is 10.6. The normalized spacial score (nSPS) is 18.9. The van der Waals surface area contributed by atoms with Crippen LogP contribution in [0.4, 0.5) is 5.69 Å². The van der Waals surface area contributed by atoms with Crippen molar-refractivity contribution in [3.05, 3.63) is 29.3 Å². The second-order valence-electron chi connectivity index (χ2n) is 4.93. The number of aryl methyl sites for hydroxylation is 2. The first-order chi connectivity index (χ1) is 8.08. The highest BCUT2D eigenvalue weighted by Gasteiger charge is 2.22. The Labute approximate surface area is 103 Å². The Bertz CT molecular complexity index is 428. The summed E-state index contributed by atoms with van der Waals surface area (Å²) in [5.74, 6) is -0.225. The van der Waals surface area contributed by atoms with Gasteiger partial charge in [0.25, 0.3) is 0 Å². The molecule has 0 aliphatic carbocycles. The molecule has 3 nitrogen and oxygen atoms in total. The summed E-state index contributed by atoms with van der Waals surface area (Å²) in [5.41, 5.74) is 9.17. The topological polar surface area (TPSA) is 46.3 Å². The van der Waals surface area contributed by atoms with Crippen LogP contribution in [0.1, 0.15) is 30.9 Å². The minimum absolute atomic E-state index is 0.225. The second-order valence-corrected chi connectivity index (χ2v) is 4.93. The van der Waals surface area contributed by atoms with E-state index < -0.39 is 0 Å². The van der Waals surface area contributed by atoms with Crippen molar-refractivity contribution in [1.29, 1.82) is 0 Å². The van der Waals surface area contributed by atoms with Gasteiger partial charge in [-0.25, -0.2) is 0 Å². The molecule has 1 aliphatic heterocycles. The van der Waals surface area contributed by atoms with E-state index in [0.717, 1.165) is 19.4 Å². The lowest BCUT2D eigenvalue weighted by Crippen LogP contribution is -2.39. The van der Waals surface area contributed by atoms with Gasteiger partial charge in [-0.15, -0.1) is 0 Å². The first kappa shape index (κ1) is 12.0. The van der Waals surface area contributed by atoms with Gasteiger partial charge in [0.05, 0.1) is 0 Å². The molecule has 0 saturated carbocycles. The highest BCUT2D eigenvalue weighted by Crippen LogP contribution is 2.31. The van der Waals surface area contributed by atoms with E-state index in [0.29, 0.717) is 12.5 Å². The van der Waals surface area contributed by atoms with Crippen LogP contribution in [-0.4, -0.2) is 18.5 Å². The van der Waals surface area contributed by atoms with Gasteiger partial charge in [-0.05, 0) is 43.9 Å². The van der Waals surface area contributed by atoms with Crippen LogP contribution >= 0.6 is 0 Å². The molecule has 1 aromatic rings. The van der Waals surface area contributed by atoms with E-state index in [-0.39, 0.29) is 5.91 Å². The third-order valence-corrected chi connectivity index (χ3v) is 3.51. The van der Waals surface area contributed by atoms with Crippen LogP contribution < -0.4 is 10.6 Å². The largest absolute Gasteiger partial charge is 0.370 e. The smallest absolute Gasteiger partial charge is 0.219 e. The molecular weight excluding hydrogens is 212 g/mol. The molecule has 92 valence electrons. The second kappa shape index (κ2) is 4.78. The van der Waals surface area contributed by atoms with E-state index >= 15 is 0 Å². The lowest BCUT2D eigenvalue weighted by atomic mass is 9.95. The fourth-order valence-corrected chi connectivity index (χ4v) is 2.48. The average Bonchev–Trinajstić information content (AvgIpc) is 2.27. The van der Waals surface area contributed by atoms with Crippen molar-refractivity contribution in [2.75, 3.05) is 11.4 Å². The number of primary amides is 1. The molecule has 2 rings (SSSR count). The van der Waals surface area contributed by atoms with Crippen molar-refractivity contribution in [3.63, 3.8) is 0 Å². The molecule has 17 heavy (non-hydrogen) atoms. The number of hydrogen-bond acceptors (Lipinski definition) is 2. The zero-order valence-corrected chi connectivity index (χ0v) is 10.6. The third kappa shape index (κ3) is 2.60. The fourth-order valence-electron chi connectivity index (χ4n) is 2.48. The van der Waals surface area contributed by atoms with E-state index in [1.807, 2.05) is 0 Å². The van der Waals surface area contributed by atoms with Gasteiger partial charge in [-0.3, -0.25) is 4.79 Å². The lowest BCUT2D eigenvalue weighted by molar-refractivity contribution is -0.117. The molecule has 0 bridgehead atoms. The average molecular weight is 232 g/mol. The minimum atomic E-state index is -0.225. The monoisotopic (exact) mass is 232 g/mol. The highest BCUT2D eigenvalue weighted by molar-refractivity contribution is 5.74. The predicted molar refractivity (Wildman–Crippen MR) is 70.1 cm³/mol.